The summed E-state index contributed by atoms with van der Waals surface area (Å²) in [6.07, 6.45) is 7.00. The Kier molecular flexibility index (Phi) is 9.41. The smallest absolute Gasteiger partial charge is 0.211 e. The van der Waals surface area contributed by atoms with Crippen molar-refractivity contribution < 1.29 is 8.42 Å². The standard InChI is InChI=1S/C19H32N6O2S.HI/c1-20-19(22-15-16-6-13-25(14-7-16)28(2,26)27)23-17-8-11-24(12-9-17)18-5-3-4-10-21-18;/h3-5,10,16-17H,6-9,11-15H2,1-2H3,(H2,20,22,23);1H. The van der Waals surface area contributed by atoms with Crippen molar-refractivity contribution >= 4 is 45.8 Å². The highest BCUT2D eigenvalue weighted by molar-refractivity contribution is 14.0. The summed E-state index contributed by atoms with van der Waals surface area (Å²) in [4.78, 5) is 11.1. The Balaban J connectivity index is 0.00000300. The van der Waals surface area contributed by atoms with Crippen LogP contribution in [-0.2, 0) is 10.0 Å². The molecule has 0 saturated carbocycles. The minimum absolute atomic E-state index is 0. The Hall–Kier alpha value is -1.14. The van der Waals surface area contributed by atoms with Crippen molar-refractivity contribution in [3.8, 4) is 0 Å². The maximum atomic E-state index is 11.6. The zero-order valence-corrected chi connectivity index (χ0v) is 20.4. The summed E-state index contributed by atoms with van der Waals surface area (Å²) in [5.41, 5.74) is 0. The summed E-state index contributed by atoms with van der Waals surface area (Å²) in [5.74, 6) is 2.35. The highest BCUT2D eigenvalue weighted by Gasteiger charge is 2.25. The molecule has 2 aliphatic rings. The van der Waals surface area contributed by atoms with Gasteiger partial charge in [0.15, 0.2) is 5.96 Å². The highest BCUT2D eigenvalue weighted by Crippen LogP contribution is 2.19. The number of aromatic nitrogens is 1. The lowest BCUT2D eigenvalue weighted by Crippen LogP contribution is -2.50. The van der Waals surface area contributed by atoms with Crippen molar-refractivity contribution in [1.29, 1.82) is 0 Å². The first kappa shape index (κ1) is 24.1. The molecule has 8 nitrogen and oxygen atoms in total. The van der Waals surface area contributed by atoms with Crippen LogP contribution in [-0.4, -0.2) is 75.7 Å². The normalized spacial score (nSPS) is 20.2. The van der Waals surface area contributed by atoms with E-state index in [-0.39, 0.29) is 24.0 Å². The second-order valence-corrected chi connectivity index (χ2v) is 9.63. The molecule has 2 N–H and O–H groups in total. The average Bonchev–Trinajstić information content (AvgIpc) is 2.72. The van der Waals surface area contributed by atoms with E-state index in [4.69, 9.17) is 0 Å². The van der Waals surface area contributed by atoms with Crippen molar-refractivity contribution in [2.24, 2.45) is 10.9 Å². The third-order valence-corrected chi connectivity index (χ3v) is 6.94. The number of aliphatic imine (C=N–C) groups is 1. The second-order valence-electron chi connectivity index (χ2n) is 7.65. The molecule has 0 aliphatic carbocycles. The van der Waals surface area contributed by atoms with E-state index in [0.29, 0.717) is 25.0 Å². The van der Waals surface area contributed by atoms with Gasteiger partial charge < -0.3 is 15.5 Å². The van der Waals surface area contributed by atoms with E-state index in [1.54, 1.807) is 11.4 Å². The van der Waals surface area contributed by atoms with Crippen LogP contribution in [0.5, 0.6) is 0 Å². The number of halogens is 1. The Morgan fingerprint density at radius 2 is 1.86 bits per heavy atom. The zero-order valence-electron chi connectivity index (χ0n) is 17.2. The van der Waals surface area contributed by atoms with Gasteiger partial charge in [-0.25, -0.2) is 17.7 Å². The lowest BCUT2D eigenvalue weighted by molar-refractivity contribution is 0.274. The van der Waals surface area contributed by atoms with Crippen molar-refractivity contribution in [1.82, 2.24) is 19.9 Å². The van der Waals surface area contributed by atoms with Gasteiger partial charge in [0.25, 0.3) is 0 Å². The van der Waals surface area contributed by atoms with Gasteiger partial charge in [0, 0.05) is 52.0 Å². The SMILES string of the molecule is CN=C(NCC1CCN(S(C)(=O)=O)CC1)NC1CCN(c2ccccn2)CC1.I. The molecular formula is C19H33IN6O2S. The number of sulfonamides is 1. The van der Waals surface area contributed by atoms with Crippen molar-refractivity contribution in [2.45, 2.75) is 31.7 Å². The van der Waals surface area contributed by atoms with E-state index in [9.17, 15) is 8.42 Å². The Morgan fingerprint density at radius 3 is 2.41 bits per heavy atom. The number of hydrogen-bond acceptors (Lipinski definition) is 5. The average molecular weight is 536 g/mol. The van der Waals surface area contributed by atoms with E-state index in [2.05, 4.69) is 31.6 Å². The number of anilines is 1. The second kappa shape index (κ2) is 11.3. The Morgan fingerprint density at radius 1 is 1.17 bits per heavy atom. The highest BCUT2D eigenvalue weighted by atomic mass is 127. The maximum Gasteiger partial charge on any atom is 0.211 e. The van der Waals surface area contributed by atoms with Gasteiger partial charge in [-0.15, -0.1) is 24.0 Å². The van der Waals surface area contributed by atoms with E-state index in [1.165, 1.54) is 6.26 Å². The molecule has 0 atom stereocenters. The van der Waals surface area contributed by atoms with Crippen LogP contribution >= 0.6 is 24.0 Å². The van der Waals surface area contributed by atoms with Crippen LogP contribution in [0.15, 0.2) is 29.4 Å². The summed E-state index contributed by atoms with van der Waals surface area (Å²) in [6, 6.07) is 6.43. The van der Waals surface area contributed by atoms with Gasteiger partial charge in [-0.2, -0.15) is 0 Å². The fourth-order valence-electron chi connectivity index (χ4n) is 3.87. The molecule has 29 heavy (non-hydrogen) atoms. The molecule has 1 aromatic rings. The fourth-order valence-corrected chi connectivity index (χ4v) is 4.74. The van der Waals surface area contributed by atoms with Gasteiger partial charge in [0.1, 0.15) is 5.82 Å². The summed E-state index contributed by atoms with van der Waals surface area (Å²) in [5, 5.41) is 6.96. The molecule has 1 aromatic heterocycles. The first-order valence-corrected chi connectivity index (χ1v) is 11.9. The molecule has 0 aromatic carbocycles. The van der Waals surface area contributed by atoms with Gasteiger partial charge in [-0.3, -0.25) is 4.99 Å². The fraction of sp³-hybridized carbons (Fsp3) is 0.684. The summed E-state index contributed by atoms with van der Waals surface area (Å²) in [6.45, 7) is 4.02. The molecule has 2 fully saturated rings. The summed E-state index contributed by atoms with van der Waals surface area (Å²) in [7, 11) is -1.26. The number of guanidine groups is 1. The van der Waals surface area contributed by atoms with Crippen LogP contribution in [0.2, 0.25) is 0 Å². The molecule has 2 aliphatic heterocycles. The predicted octanol–water partition coefficient (Wildman–Crippen LogP) is 1.51. The lowest BCUT2D eigenvalue weighted by atomic mass is 9.98. The minimum atomic E-state index is -3.06. The molecule has 0 radical (unpaired) electrons. The van der Waals surface area contributed by atoms with Crippen LogP contribution in [0.3, 0.4) is 0 Å². The molecule has 10 heteroatoms. The quantitative estimate of drug-likeness (QED) is 0.337. The van der Waals surface area contributed by atoms with Gasteiger partial charge in [-0.1, -0.05) is 6.07 Å². The van der Waals surface area contributed by atoms with Crippen molar-refractivity contribution in [3.63, 3.8) is 0 Å². The molecule has 3 rings (SSSR count). The van der Waals surface area contributed by atoms with Crippen molar-refractivity contribution in [2.75, 3.05) is 50.9 Å². The summed E-state index contributed by atoms with van der Waals surface area (Å²) < 4.78 is 24.8. The molecule has 3 heterocycles. The van der Waals surface area contributed by atoms with Gasteiger partial charge >= 0.3 is 0 Å². The Bertz CT molecular complexity index is 745. The zero-order chi connectivity index (χ0) is 20.0. The number of rotatable bonds is 5. The molecule has 0 bridgehead atoms. The maximum absolute atomic E-state index is 11.6. The third-order valence-electron chi connectivity index (χ3n) is 5.63. The largest absolute Gasteiger partial charge is 0.356 e. The molecule has 0 unspecified atom stereocenters. The first-order valence-electron chi connectivity index (χ1n) is 10.0. The molecule has 0 amide bonds. The first-order chi connectivity index (χ1) is 13.5. The lowest BCUT2D eigenvalue weighted by Gasteiger charge is -2.34. The molecule has 0 spiro atoms. The van der Waals surface area contributed by atoms with Crippen LogP contribution in [0.1, 0.15) is 25.7 Å². The predicted molar refractivity (Wildman–Crippen MR) is 129 cm³/mol. The van der Waals surface area contributed by atoms with E-state index in [1.807, 2.05) is 18.3 Å². The van der Waals surface area contributed by atoms with Crippen LogP contribution in [0.25, 0.3) is 0 Å². The number of hydrogen-bond donors (Lipinski definition) is 2. The minimum Gasteiger partial charge on any atom is -0.356 e. The van der Waals surface area contributed by atoms with Crippen LogP contribution < -0.4 is 15.5 Å². The summed E-state index contributed by atoms with van der Waals surface area (Å²) >= 11 is 0. The van der Waals surface area contributed by atoms with Gasteiger partial charge in [-0.05, 0) is 43.7 Å². The molecule has 2 saturated heterocycles. The molecule has 164 valence electrons. The number of nitrogens with one attached hydrogen (secondary N) is 2. The number of piperidine rings is 2. The number of nitrogens with zero attached hydrogens (tertiary/aromatic N) is 4. The van der Waals surface area contributed by atoms with E-state index < -0.39 is 10.0 Å². The van der Waals surface area contributed by atoms with Gasteiger partial charge in [0.05, 0.1) is 6.26 Å². The topological polar surface area (TPSA) is 89.9 Å². The Labute approximate surface area is 191 Å². The monoisotopic (exact) mass is 536 g/mol. The van der Waals surface area contributed by atoms with Crippen molar-refractivity contribution in [3.05, 3.63) is 24.4 Å². The van der Waals surface area contributed by atoms with E-state index in [0.717, 1.165) is 57.1 Å². The van der Waals surface area contributed by atoms with Crippen LogP contribution in [0, 0.1) is 5.92 Å². The van der Waals surface area contributed by atoms with E-state index >= 15 is 0 Å². The molecular weight excluding hydrogens is 503 g/mol. The number of pyridine rings is 1. The van der Waals surface area contributed by atoms with Crippen LogP contribution in [0.4, 0.5) is 5.82 Å². The van der Waals surface area contributed by atoms with Gasteiger partial charge in [0.2, 0.25) is 10.0 Å². The third kappa shape index (κ3) is 7.25.